The van der Waals surface area contributed by atoms with Crippen LogP contribution in [-0.4, -0.2) is 79.9 Å². The van der Waals surface area contributed by atoms with Crippen molar-refractivity contribution < 1.29 is 0 Å². The summed E-state index contributed by atoms with van der Waals surface area (Å²) in [6.07, 6.45) is 2.20. The maximum Gasteiger partial charge on any atom is 0.130 e. The Bertz CT molecular complexity index is 789. The zero-order valence-electron chi connectivity index (χ0n) is 17.9. The van der Waals surface area contributed by atoms with Crippen molar-refractivity contribution in [3.8, 4) is 0 Å². The van der Waals surface area contributed by atoms with Gasteiger partial charge in [0, 0.05) is 45.8 Å². The average molecular weight is 432 g/mol. The molecule has 164 valence electrons. The van der Waals surface area contributed by atoms with Crippen LogP contribution in [0.25, 0.3) is 5.70 Å². The van der Waals surface area contributed by atoms with E-state index in [9.17, 15) is 0 Å². The first-order valence-electron chi connectivity index (χ1n) is 10.6. The molecule has 0 amide bonds. The molecule has 1 aromatic carbocycles. The highest BCUT2D eigenvalue weighted by Crippen LogP contribution is 2.27. The van der Waals surface area contributed by atoms with Crippen LogP contribution >= 0.6 is 11.6 Å². The molecule has 0 radical (unpaired) electrons. The summed E-state index contributed by atoms with van der Waals surface area (Å²) in [5.41, 5.74) is 21.2. The number of hydrogen-bond donors (Lipinski definition) is 3. The highest BCUT2D eigenvalue weighted by Gasteiger charge is 2.22. The van der Waals surface area contributed by atoms with Gasteiger partial charge >= 0.3 is 0 Å². The van der Waals surface area contributed by atoms with Crippen molar-refractivity contribution in [2.45, 2.75) is 12.8 Å². The van der Waals surface area contributed by atoms with Crippen molar-refractivity contribution in [3.05, 3.63) is 52.3 Å². The largest absolute Gasteiger partial charge is 0.397 e. The molecule has 6 N–H and O–H groups in total. The third kappa shape index (κ3) is 5.68. The van der Waals surface area contributed by atoms with Crippen molar-refractivity contribution >= 4 is 23.1 Å². The van der Waals surface area contributed by atoms with Crippen LogP contribution in [0.1, 0.15) is 18.4 Å². The van der Waals surface area contributed by atoms with Gasteiger partial charge in [-0.05, 0) is 25.5 Å². The number of nitrogens with zero attached hydrogens (tertiary/aromatic N) is 4. The first-order valence-corrected chi connectivity index (χ1v) is 11.0. The number of hydrogen-bond acceptors (Lipinski definition) is 6. The van der Waals surface area contributed by atoms with Gasteiger partial charge in [-0.25, -0.2) is 0 Å². The van der Waals surface area contributed by atoms with E-state index in [4.69, 9.17) is 28.8 Å². The zero-order valence-corrected chi connectivity index (χ0v) is 18.6. The molecule has 2 saturated heterocycles. The number of piperazine rings is 1. The smallest absolute Gasteiger partial charge is 0.130 e. The van der Waals surface area contributed by atoms with Crippen LogP contribution in [-0.2, 0) is 0 Å². The lowest BCUT2D eigenvalue weighted by Gasteiger charge is -2.31. The molecule has 2 fully saturated rings. The highest BCUT2D eigenvalue weighted by atomic mass is 35.5. The number of amidine groups is 1. The molecule has 0 unspecified atom stereocenters. The molecular formula is C22H34ClN7. The Kier molecular flexibility index (Phi) is 8.01. The number of rotatable bonds is 7. The molecule has 1 aromatic rings. The molecule has 0 spiro atoms. The maximum absolute atomic E-state index is 6.76. The SMILES string of the molecule is CN1CCN(CCN=C(N)C(=C(N)N2CCCC2)/C(Cl)=C(\N)c2ccccc2)CC1. The summed E-state index contributed by atoms with van der Waals surface area (Å²) in [4.78, 5) is 11.5. The van der Waals surface area contributed by atoms with Gasteiger partial charge in [0.05, 0.1) is 22.8 Å². The van der Waals surface area contributed by atoms with Gasteiger partial charge in [0.2, 0.25) is 0 Å². The second-order valence-corrected chi connectivity index (χ2v) is 8.34. The molecule has 0 atom stereocenters. The third-order valence-electron chi connectivity index (χ3n) is 5.79. The Balaban J connectivity index is 1.83. The Morgan fingerprint density at radius 3 is 2.23 bits per heavy atom. The Morgan fingerprint density at radius 2 is 1.60 bits per heavy atom. The first-order chi connectivity index (χ1) is 14.5. The van der Waals surface area contributed by atoms with E-state index in [1.165, 1.54) is 0 Å². The van der Waals surface area contributed by atoms with E-state index in [0.29, 0.717) is 34.5 Å². The van der Waals surface area contributed by atoms with Crippen molar-refractivity contribution in [2.75, 3.05) is 59.4 Å². The van der Waals surface area contributed by atoms with Crippen molar-refractivity contribution in [1.82, 2.24) is 14.7 Å². The van der Waals surface area contributed by atoms with Gasteiger partial charge in [-0.3, -0.25) is 9.89 Å². The lowest BCUT2D eigenvalue weighted by Crippen LogP contribution is -2.45. The van der Waals surface area contributed by atoms with Crippen molar-refractivity contribution in [1.29, 1.82) is 0 Å². The van der Waals surface area contributed by atoms with E-state index in [1.807, 2.05) is 30.3 Å². The van der Waals surface area contributed by atoms with Crippen LogP contribution < -0.4 is 17.2 Å². The third-order valence-corrected chi connectivity index (χ3v) is 6.19. The summed E-state index contributed by atoms with van der Waals surface area (Å²) in [5.74, 6) is 0.898. The summed E-state index contributed by atoms with van der Waals surface area (Å²) < 4.78 is 0. The number of benzene rings is 1. The quantitative estimate of drug-likeness (QED) is 0.343. The molecule has 0 bridgehead atoms. The van der Waals surface area contributed by atoms with E-state index in [2.05, 4.69) is 26.7 Å². The van der Waals surface area contributed by atoms with E-state index >= 15 is 0 Å². The second kappa shape index (κ2) is 10.7. The van der Waals surface area contributed by atoms with E-state index in [0.717, 1.165) is 64.2 Å². The molecule has 2 aliphatic heterocycles. The summed E-state index contributed by atoms with van der Waals surface area (Å²) in [6, 6.07) is 9.62. The van der Waals surface area contributed by atoms with Gasteiger partial charge in [-0.15, -0.1) is 0 Å². The van der Waals surface area contributed by atoms with Crippen LogP contribution in [0.15, 0.2) is 51.8 Å². The number of nitrogens with two attached hydrogens (primary N) is 3. The molecule has 0 aromatic heterocycles. The average Bonchev–Trinajstić information content (AvgIpc) is 3.30. The topological polar surface area (TPSA) is 100 Å². The van der Waals surface area contributed by atoms with Crippen LogP contribution in [0.5, 0.6) is 0 Å². The predicted molar refractivity (Wildman–Crippen MR) is 126 cm³/mol. The molecule has 30 heavy (non-hydrogen) atoms. The molecule has 0 aliphatic carbocycles. The first kappa shape index (κ1) is 22.5. The fraction of sp³-hybridized carbons (Fsp3) is 0.500. The van der Waals surface area contributed by atoms with Crippen LogP contribution in [0.4, 0.5) is 0 Å². The van der Waals surface area contributed by atoms with Gasteiger partial charge in [0.1, 0.15) is 11.7 Å². The lowest BCUT2D eigenvalue weighted by atomic mass is 10.1. The molecule has 2 aliphatic rings. The zero-order chi connectivity index (χ0) is 21.5. The summed E-state index contributed by atoms with van der Waals surface area (Å²) in [7, 11) is 2.15. The fourth-order valence-electron chi connectivity index (χ4n) is 3.81. The Hall–Kier alpha value is -2.22. The summed E-state index contributed by atoms with van der Waals surface area (Å²) >= 11 is 6.76. The van der Waals surface area contributed by atoms with Gasteiger partial charge < -0.3 is 27.0 Å². The number of halogens is 1. The van der Waals surface area contributed by atoms with Gasteiger partial charge in [0.25, 0.3) is 0 Å². The number of likely N-dealkylation sites (N-methyl/N-ethyl adjacent to an activating group) is 1. The van der Waals surface area contributed by atoms with Gasteiger partial charge in [-0.1, -0.05) is 41.9 Å². The molecule has 3 rings (SSSR count). The summed E-state index contributed by atoms with van der Waals surface area (Å²) in [6.45, 7) is 7.49. The van der Waals surface area contributed by atoms with Crippen LogP contribution in [0.2, 0.25) is 0 Å². The number of likely N-dealkylation sites (tertiary alicyclic amines) is 1. The number of aliphatic imine (C=N–C) groups is 1. The molecule has 7 nitrogen and oxygen atoms in total. The van der Waals surface area contributed by atoms with Crippen LogP contribution in [0.3, 0.4) is 0 Å². The molecule has 0 saturated carbocycles. The minimum atomic E-state index is 0.345. The minimum Gasteiger partial charge on any atom is -0.397 e. The Labute approximate surface area is 184 Å². The van der Waals surface area contributed by atoms with E-state index in [1.54, 1.807) is 0 Å². The predicted octanol–water partition coefficient (Wildman–Crippen LogP) is 1.42. The van der Waals surface area contributed by atoms with Gasteiger partial charge in [-0.2, -0.15) is 0 Å². The van der Waals surface area contributed by atoms with E-state index < -0.39 is 0 Å². The Morgan fingerprint density at radius 1 is 0.967 bits per heavy atom. The normalized spacial score (nSPS) is 20.9. The van der Waals surface area contributed by atoms with Crippen molar-refractivity contribution in [2.24, 2.45) is 22.2 Å². The van der Waals surface area contributed by atoms with Crippen molar-refractivity contribution in [3.63, 3.8) is 0 Å². The monoisotopic (exact) mass is 431 g/mol. The highest BCUT2D eigenvalue weighted by molar-refractivity contribution is 6.38. The molecule has 2 heterocycles. The van der Waals surface area contributed by atoms with Crippen LogP contribution in [0, 0.1) is 0 Å². The lowest BCUT2D eigenvalue weighted by molar-refractivity contribution is 0.157. The van der Waals surface area contributed by atoms with Gasteiger partial charge in [0.15, 0.2) is 0 Å². The summed E-state index contributed by atoms with van der Waals surface area (Å²) in [5, 5.41) is 0.353. The molecule has 8 heteroatoms. The molecular weight excluding hydrogens is 398 g/mol. The standard InChI is InChI=1S/C22H34ClN7/c1-28-13-15-29(16-14-28)12-9-27-21(25)18(22(26)30-10-5-6-11-30)19(23)20(24)17-7-3-2-4-8-17/h2-4,7-8H,5-6,9-16,24,26H2,1H3,(H2,25,27)/b20-19+,22-18?. The fourth-order valence-corrected chi connectivity index (χ4v) is 4.12. The maximum atomic E-state index is 6.76. The minimum absolute atomic E-state index is 0.345. The van der Waals surface area contributed by atoms with E-state index in [-0.39, 0.29) is 0 Å². The second-order valence-electron chi connectivity index (χ2n) is 7.96.